The molecule has 4 rings (SSSR count). The van der Waals surface area contributed by atoms with Crippen LogP contribution in [0.15, 0.2) is 47.4 Å². The molecule has 2 aromatic carbocycles. The standard InChI is InChI=1S/C17H13ClN2O3/c1-10-2-4-12(7-13(10)18)20-8-14(19-17(20)21)11-3-5-15-16(6-11)23-9-22-15/h2-8H,9H2,1H3,(H,19,21). The van der Waals surface area contributed by atoms with Gasteiger partial charge in [-0.25, -0.2) is 4.79 Å². The molecule has 2 heterocycles. The van der Waals surface area contributed by atoms with E-state index in [2.05, 4.69) is 4.98 Å². The lowest BCUT2D eigenvalue weighted by Crippen LogP contribution is -2.13. The predicted molar refractivity (Wildman–Crippen MR) is 87.7 cm³/mol. The van der Waals surface area contributed by atoms with Crippen LogP contribution in [0, 0.1) is 6.92 Å². The highest BCUT2D eigenvalue weighted by molar-refractivity contribution is 6.31. The van der Waals surface area contributed by atoms with Crippen LogP contribution in [0.3, 0.4) is 0 Å². The molecule has 0 spiro atoms. The Morgan fingerprint density at radius 2 is 1.96 bits per heavy atom. The molecule has 0 saturated carbocycles. The van der Waals surface area contributed by atoms with Crippen LogP contribution in [0.2, 0.25) is 5.02 Å². The minimum Gasteiger partial charge on any atom is -0.454 e. The highest BCUT2D eigenvalue weighted by atomic mass is 35.5. The van der Waals surface area contributed by atoms with Crippen molar-refractivity contribution in [2.45, 2.75) is 6.92 Å². The first-order chi connectivity index (χ1) is 11.1. The number of fused-ring (bicyclic) bond motifs is 1. The van der Waals surface area contributed by atoms with Crippen LogP contribution in [0.4, 0.5) is 0 Å². The maximum absolute atomic E-state index is 12.3. The van der Waals surface area contributed by atoms with Gasteiger partial charge in [0, 0.05) is 16.8 Å². The van der Waals surface area contributed by atoms with Crippen LogP contribution >= 0.6 is 11.6 Å². The van der Waals surface area contributed by atoms with Crippen molar-refractivity contribution in [1.82, 2.24) is 9.55 Å². The third-order valence-electron chi connectivity index (χ3n) is 3.84. The summed E-state index contributed by atoms with van der Waals surface area (Å²) in [6.07, 6.45) is 1.75. The van der Waals surface area contributed by atoms with E-state index >= 15 is 0 Å². The number of nitrogens with zero attached hydrogens (tertiary/aromatic N) is 1. The van der Waals surface area contributed by atoms with E-state index in [-0.39, 0.29) is 12.5 Å². The lowest BCUT2D eigenvalue weighted by atomic mass is 10.1. The van der Waals surface area contributed by atoms with Gasteiger partial charge in [0.2, 0.25) is 6.79 Å². The van der Waals surface area contributed by atoms with Gasteiger partial charge >= 0.3 is 5.69 Å². The Kier molecular flexibility index (Phi) is 3.16. The number of imidazole rings is 1. The SMILES string of the molecule is Cc1ccc(-n2cc(-c3ccc4c(c3)OCO4)[nH]c2=O)cc1Cl. The van der Waals surface area contributed by atoms with Crippen molar-refractivity contribution >= 4 is 11.6 Å². The summed E-state index contributed by atoms with van der Waals surface area (Å²) in [6.45, 7) is 2.14. The molecule has 0 unspecified atom stereocenters. The number of ether oxygens (including phenoxy) is 2. The van der Waals surface area contributed by atoms with Gasteiger partial charge in [-0.15, -0.1) is 0 Å². The molecule has 0 amide bonds. The average Bonchev–Trinajstić information content (AvgIpc) is 3.15. The summed E-state index contributed by atoms with van der Waals surface area (Å²) in [5.74, 6) is 1.38. The Hall–Kier alpha value is -2.66. The number of aryl methyl sites for hydroxylation is 1. The van der Waals surface area contributed by atoms with E-state index in [0.29, 0.717) is 27.9 Å². The van der Waals surface area contributed by atoms with Gasteiger partial charge in [0.1, 0.15) is 0 Å². The third-order valence-corrected chi connectivity index (χ3v) is 4.24. The van der Waals surface area contributed by atoms with Crippen LogP contribution < -0.4 is 15.2 Å². The van der Waals surface area contributed by atoms with Gasteiger partial charge < -0.3 is 14.5 Å². The summed E-state index contributed by atoms with van der Waals surface area (Å²) in [4.78, 5) is 15.1. The normalized spacial score (nSPS) is 12.6. The first-order valence-corrected chi connectivity index (χ1v) is 7.48. The fourth-order valence-corrected chi connectivity index (χ4v) is 2.70. The van der Waals surface area contributed by atoms with E-state index in [1.807, 2.05) is 37.3 Å². The van der Waals surface area contributed by atoms with Crippen molar-refractivity contribution in [1.29, 1.82) is 0 Å². The van der Waals surface area contributed by atoms with Gasteiger partial charge in [0.15, 0.2) is 11.5 Å². The van der Waals surface area contributed by atoms with Gasteiger partial charge in [0.05, 0.1) is 11.4 Å². The van der Waals surface area contributed by atoms with E-state index in [1.165, 1.54) is 4.57 Å². The maximum atomic E-state index is 12.3. The number of hydrogen-bond acceptors (Lipinski definition) is 3. The number of aromatic amines is 1. The maximum Gasteiger partial charge on any atom is 0.330 e. The lowest BCUT2D eigenvalue weighted by molar-refractivity contribution is 0.174. The molecule has 6 heteroatoms. The quantitative estimate of drug-likeness (QED) is 0.783. The molecule has 0 fully saturated rings. The average molecular weight is 329 g/mol. The van der Waals surface area contributed by atoms with Crippen LogP contribution in [0.25, 0.3) is 16.9 Å². The number of benzene rings is 2. The molecule has 1 aliphatic heterocycles. The molecule has 0 bridgehead atoms. The van der Waals surface area contributed by atoms with Crippen LogP contribution in [0.1, 0.15) is 5.56 Å². The number of halogens is 1. The lowest BCUT2D eigenvalue weighted by Gasteiger charge is -2.03. The minimum atomic E-state index is -0.224. The second kappa shape index (κ2) is 5.21. The summed E-state index contributed by atoms with van der Waals surface area (Å²) in [6, 6.07) is 11.1. The molecular formula is C17H13ClN2O3. The molecular weight excluding hydrogens is 316 g/mol. The van der Waals surface area contributed by atoms with Crippen LogP contribution in [0.5, 0.6) is 11.5 Å². The van der Waals surface area contributed by atoms with E-state index in [9.17, 15) is 4.79 Å². The Morgan fingerprint density at radius 3 is 2.78 bits per heavy atom. The van der Waals surface area contributed by atoms with Gasteiger partial charge in [-0.05, 0) is 42.8 Å². The van der Waals surface area contributed by atoms with Crippen molar-refractivity contribution < 1.29 is 9.47 Å². The number of nitrogens with one attached hydrogen (secondary N) is 1. The van der Waals surface area contributed by atoms with Gasteiger partial charge in [0.25, 0.3) is 0 Å². The second-order valence-corrected chi connectivity index (χ2v) is 5.75. The molecule has 0 saturated heterocycles. The fourth-order valence-electron chi connectivity index (χ4n) is 2.53. The van der Waals surface area contributed by atoms with E-state index < -0.39 is 0 Å². The summed E-state index contributed by atoms with van der Waals surface area (Å²) in [5, 5.41) is 0.625. The van der Waals surface area contributed by atoms with Crippen molar-refractivity contribution in [3.05, 3.63) is 63.7 Å². The minimum absolute atomic E-state index is 0.220. The first-order valence-electron chi connectivity index (χ1n) is 7.10. The smallest absolute Gasteiger partial charge is 0.330 e. The van der Waals surface area contributed by atoms with Crippen molar-refractivity contribution in [2.24, 2.45) is 0 Å². The van der Waals surface area contributed by atoms with Crippen LogP contribution in [-0.4, -0.2) is 16.3 Å². The largest absolute Gasteiger partial charge is 0.454 e. The van der Waals surface area contributed by atoms with E-state index in [0.717, 1.165) is 11.1 Å². The summed E-state index contributed by atoms with van der Waals surface area (Å²) in [5.41, 5.74) is 3.01. The zero-order valence-corrected chi connectivity index (χ0v) is 13.1. The van der Waals surface area contributed by atoms with Crippen molar-refractivity contribution in [2.75, 3.05) is 6.79 Å². The Morgan fingerprint density at radius 1 is 1.13 bits per heavy atom. The van der Waals surface area contributed by atoms with Gasteiger partial charge in [-0.2, -0.15) is 0 Å². The summed E-state index contributed by atoms with van der Waals surface area (Å²) >= 11 is 6.15. The molecule has 1 aromatic heterocycles. The molecule has 1 N–H and O–H groups in total. The molecule has 5 nitrogen and oxygen atoms in total. The molecule has 116 valence electrons. The fraction of sp³-hybridized carbons (Fsp3) is 0.118. The highest BCUT2D eigenvalue weighted by Gasteiger charge is 2.15. The zero-order chi connectivity index (χ0) is 16.0. The number of hydrogen-bond donors (Lipinski definition) is 1. The number of rotatable bonds is 2. The monoisotopic (exact) mass is 328 g/mol. The topological polar surface area (TPSA) is 56.2 Å². The van der Waals surface area contributed by atoms with Crippen molar-refractivity contribution in [3.8, 4) is 28.4 Å². The summed E-state index contributed by atoms with van der Waals surface area (Å²) in [7, 11) is 0. The van der Waals surface area contributed by atoms with E-state index in [1.54, 1.807) is 12.3 Å². The Bertz CT molecular complexity index is 959. The number of aromatic nitrogens is 2. The molecule has 3 aromatic rings. The molecule has 1 aliphatic rings. The molecule has 0 aliphatic carbocycles. The number of H-pyrrole nitrogens is 1. The van der Waals surface area contributed by atoms with E-state index in [4.69, 9.17) is 21.1 Å². The highest BCUT2D eigenvalue weighted by Crippen LogP contribution is 2.35. The molecule has 0 radical (unpaired) electrons. The van der Waals surface area contributed by atoms with Gasteiger partial charge in [-0.1, -0.05) is 17.7 Å². The van der Waals surface area contributed by atoms with Gasteiger partial charge in [-0.3, -0.25) is 4.57 Å². The Labute approximate surface area is 137 Å². The Balaban J connectivity index is 1.78. The zero-order valence-electron chi connectivity index (χ0n) is 12.3. The molecule has 0 atom stereocenters. The van der Waals surface area contributed by atoms with Crippen molar-refractivity contribution in [3.63, 3.8) is 0 Å². The summed E-state index contributed by atoms with van der Waals surface area (Å²) < 4.78 is 12.2. The van der Waals surface area contributed by atoms with Crippen LogP contribution in [-0.2, 0) is 0 Å². The predicted octanol–water partition coefficient (Wildman–Crippen LogP) is 3.52. The molecule has 23 heavy (non-hydrogen) atoms. The first kappa shape index (κ1) is 14.0. The second-order valence-electron chi connectivity index (χ2n) is 5.34. The third kappa shape index (κ3) is 2.39.